The Kier molecular flexibility index (Phi) is 7.43. The van der Waals surface area contributed by atoms with Gasteiger partial charge in [0.15, 0.2) is 5.65 Å². The summed E-state index contributed by atoms with van der Waals surface area (Å²) in [5.74, 6) is 0.213. The first kappa shape index (κ1) is 30.5. The van der Waals surface area contributed by atoms with Gasteiger partial charge in [0.2, 0.25) is 17.8 Å². The molecule has 2 fully saturated rings. The fourth-order valence-electron chi connectivity index (χ4n) is 7.68. The van der Waals surface area contributed by atoms with Gasteiger partial charge in [-0.3, -0.25) is 4.79 Å². The van der Waals surface area contributed by atoms with Crippen LogP contribution in [0.4, 0.5) is 26.5 Å². The van der Waals surface area contributed by atoms with E-state index in [1.807, 2.05) is 21.3 Å². The molecule has 4 aromatic heterocycles. The van der Waals surface area contributed by atoms with Gasteiger partial charge in [-0.15, -0.1) is 0 Å². The zero-order valence-corrected chi connectivity index (χ0v) is 29.7. The van der Waals surface area contributed by atoms with Gasteiger partial charge in [0.1, 0.15) is 40.8 Å². The Labute approximate surface area is 312 Å². The molecule has 3 aliphatic heterocycles. The second kappa shape index (κ2) is 13.2. The molecule has 0 spiro atoms. The zero-order chi connectivity index (χ0) is 39.7. The number of nitrogens with one attached hydrogen (secondary N) is 1. The van der Waals surface area contributed by atoms with Crippen molar-refractivity contribution >= 4 is 45.7 Å². The van der Waals surface area contributed by atoms with Crippen LogP contribution in [-0.2, 0) is 16.1 Å². The van der Waals surface area contributed by atoms with Crippen molar-refractivity contribution in [2.24, 2.45) is 0 Å². The number of anilines is 3. The van der Waals surface area contributed by atoms with E-state index in [4.69, 9.17) is 28.5 Å². The second-order valence-electron chi connectivity index (χ2n) is 13.9. The number of benzene rings is 2. The van der Waals surface area contributed by atoms with Crippen molar-refractivity contribution in [1.29, 1.82) is 0 Å². The zero-order valence-electron chi connectivity index (χ0n) is 32.7. The maximum Gasteiger partial charge on any atom is 0.245 e. The first-order valence-corrected chi connectivity index (χ1v) is 17.6. The third kappa shape index (κ3) is 5.69. The molecule has 9 rings (SSSR count). The molecule has 0 radical (unpaired) electrons. The SMILES string of the molecule is [2H]C([2H])([2H])Oc1cc(F)ccc1-n1ncc2c(N3C[C@@H]4C[C@H]3C(=O)N(C)C[C@H](OC)Cn3c(C)nc5cc(F)cc(c53)-c3ccnc(n3)N4)nc(N3CCC3)nc21. The molecule has 7 heterocycles. The van der Waals surface area contributed by atoms with Crippen molar-refractivity contribution in [2.75, 3.05) is 62.5 Å². The predicted octanol–water partition coefficient (Wildman–Crippen LogP) is 3.97. The summed E-state index contributed by atoms with van der Waals surface area (Å²) < 4.78 is 67.1. The molecule has 3 aliphatic rings. The minimum atomic E-state index is -2.86. The molecular weight excluding hydrogens is 698 g/mol. The average molecular weight is 740 g/mol. The quantitative estimate of drug-likeness (QED) is 0.273. The number of carbonyl (C=O) groups is 1. The van der Waals surface area contributed by atoms with E-state index in [2.05, 4.69) is 20.4 Å². The average Bonchev–Trinajstić information content (AvgIpc) is 3.84. The Hall–Kier alpha value is -5.97. The number of hydrogen-bond donors (Lipinski definition) is 1. The number of fused-ring (bicyclic) bond motifs is 6. The van der Waals surface area contributed by atoms with Crippen LogP contribution in [0.15, 0.2) is 48.8 Å². The molecule has 278 valence electrons. The summed E-state index contributed by atoms with van der Waals surface area (Å²) in [7, 11) is 0.461. The molecule has 54 heavy (non-hydrogen) atoms. The molecule has 1 N–H and O–H groups in total. The highest BCUT2D eigenvalue weighted by atomic mass is 19.1. The highest BCUT2D eigenvalue weighted by Crippen LogP contribution is 2.37. The Balaban J connectivity index is 1.17. The molecule has 17 heteroatoms. The van der Waals surface area contributed by atoms with Crippen molar-refractivity contribution in [3.8, 4) is 22.7 Å². The monoisotopic (exact) mass is 739 g/mol. The molecule has 6 aromatic rings. The number of aromatic nitrogens is 8. The highest BCUT2D eigenvalue weighted by molar-refractivity contribution is 5.94. The number of aryl methyl sites for hydroxylation is 1. The van der Waals surface area contributed by atoms with Crippen LogP contribution in [0.2, 0.25) is 0 Å². The Morgan fingerprint density at radius 3 is 2.69 bits per heavy atom. The van der Waals surface area contributed by atoms with Gasteiger partial charge >= 0.3 is 0 Å². The molecule has 0 saturated carbocycles. The smallest absolute Gasteiger partial charge is 0.245 e. The summed E-state index contributed by atoms with van der Waals surface area (Å²) >= 11 is 0. The van der Waals surface area contributed by atoms with Crippen LogP contribution in [0.25, 0.3) is 39.0 Å². The standard InChI is InChI=1S/C37H38F2N12O3/c1-20-42-28-13-22(39)12-25-27-8-9-40-36(44-27)43-23-15-30(35(52)47(2)18-24(53-3)19-49(20)32(25)28)50(17-23)33-26-16-41-51(29-7-6-21(38)14-31(29)54-4)34(26)46-37(45-33)48-10-5-11-48/h6-9,12-14,16,23-24,30H,5,10-11,15,17-19H2,1-4H3,(H,40,43,44)/t23-,24-,30-/m0/s1/i4D3. The second-order valence-corrected chi connectivity index (χ2v) is 13.9. The van der Waals surface area contributed by atoms with Gasteiger partial charge in [0.05, 0.1) is 52.1 Å². The van der Waals surface area contributed by atoms with Crippen molar-refractivity contribution in [1.82, 2.24) is 44.2 Å². The number of amides is 1. The molecule has 0 unspecified atom stereocenters. The Bertz CT molecular complexity index is 2540. The number of halogens is 2. The maximum absolute atomic E-state index is 15.1. The van der Waals surface area contributed by atoms with Crippen LogP contribution >= 0.6 is 0 Å². The fourth-order valence-corrected chi connectivity index (χ4v) is 7.68. The van der Waals surface area contributed by atoms with Crippen LogP contribution in [-0.4, -0.2) is 116 Å². The van der Waals surface area contributed by atoms with Crippen LogP contribution in [0, 0.1) is 18.6 Å². The first-order chi connectivity index (χ1) is 27.3. The minimum absolute atomic E-state index is 0.158. The first-order valence-electron chi connectivity index (χ1n) is 19.1. The molecule has 15 nitrogen and oxygen atoms in total. The van der Waals surface area contributed by atoms with E-state index in [0.717, 1.165) is 12.5 Å². The summed E-state index contributed by atoms with van der Waals surface area (Å²) in [6.07, 6.45) is 3.97. The van der Waals surface area contributed by atoms with Crippen molar-refractivity contribution in [3.05, 3.63) is 66.3 Å². The maximum atomic E-state index is 15.1. The number of ether oxygens (including phenoxy) is 2. The number of methoxy groups -OCH3 is 2. The Morgan fingerprint density at radius 2 is 1.89 bits per heavy atom. The van der Waals surface area contributed by atoms with E-state index >= 15 is 4.39 Å². The summed E-state index contributed by atoms with van der Waals surface area (Å²) in [5.41, 5.74) is 2.68. The number of nitrogens with zero attached hydrogens (tertiary/aromatic N) is 11. The lowest BCUT2D eigenvalue weighted by Crippen LogP contribution is -2.47. The summed E-state index contributed by atoms with van der Waals surface area (Å²) in [6.45, 7) is 4.11. The third-order valence-electron chi connectivity index (χ3n) is 10.5. The fraction of sp³-hybridized carbons (Fsp3) is 0.378. The topological polar surface area (TPSA) is 144 Å². The van der Waals surface area contributed by atoms with Crippen LogP contribution in [0.5, 0.6) is 5.75 Å². The molecule has 4 bridgehead atoms. The lowest BCUT2D eigenvalue weighted by molar-refractivity contribution is -0.132. The predicted molar refractivity (Wildman–Crippen MR) is 197 cm³/mol. The van der Waals surface area contributed by atoms with Crippen LogP contribution in [0.1, 0.15) is 22.8 Å². The molecular formula is C37H38F2N12O3. The van der Waals surface area contributed by atoms with Crippen LogP contribution in [0.3, 0.4) is 0 Å². The third-order valence-corrected chi connectivity index (χ3v) is 10.5. The van der Waals surface area contributed by atoms with Crippen molar-refractivity contribution in [2.45, 2.75) is 44.5 Å². The molecule has 3 atom stereocenters. The van der Waals surface area contributed by atoms with Gasteiger partial charge in [-0.2, -0.15) is 15.1 Å². The number of carbonyl (C=O) groups excluding carboxylic acids is 1. The van der Waals surface area contributed by atoms with Gasteiger partial charge in [-0.25, -0.2) is 28.4 Å². The molecule has 0 aliphatic carbocycles. The molecule has 2 aromatic carbocycles. The largest absolute Gasteiger partial charge is 0.494 e. The van der Waals surface area contributed by atoms with E-state index in [0.29, 0.717) is 89.5 Å². The highest BCUT2D eigenvalue weighted by Gasteiger charge is 2.41. The molecule has 2 saturated heterocycles. The van der Waals surface area contributed by atoms with Crippen molar-refractivity contribution in [3.63, 3.8) is 0 Å². The van der Waals surface area contributed by atoms with Crippen molar-refractivity contribution < 1.29 is 27.2 Å². The van der Waals surface area contributed by atoms with E-state index in [1.54, 1.807) is 37.5 Å². The number of likely N-dealkylation sites (N-methyl/N-ethyl adjacent to an activating group) is 1. The van der Waals surface area contributed by atoms with E-state index in [-0.39, 0.29) is 29.9 Å². The summed E-state index contributed by atoms with van der Waals surface area (Å²) in [4.78, 5) is 44.2. The number of hydrogen-bond acceptors (Lipinski definition) is 12. The normalized spacial score (nSPS) is 21.3. The molecule has 1 amide bonds. The van der Waals surface area contributed by atoms with E-state index < -0.39 is 30.8 Å². The van der Waals surface area contributed by atoms with Gasteiger partial charge in [0.25, 0.3) is 0 Å². The van der Waals surface area contributed by atoms with Gasteiger partial charge in [-0.1, -0.05) is 0 Å². The lowest BCUT2D eigenvalue weighted by atomic mass is 10.1. The van der Waals surface area contributed by atoms with Crippen LogP contribution < -0.4 is 19.9 Å². The van der Waals surface area contributed by atoms with Gasteiger partial charge < -0.3 is 34.1 Å². The Morgan fingerprint density at radius 1 is 1.02 bits per heavy atom. The van der Waals surface area contributed by atoms with E-state index in [9.17, 15) is 9.18 Å². The van der Waals surface area contributed by atoms with Gasteiger partial charge in [-0.05, 0) is 44.0 Å². The number of rotatable bonds is 5. The van der Waals surface area contributed by atoms with Gasteiger partial charge in [0, 0.05) is 70.3 Å². The summed E-state index contributed by atoms with van der Waals surface area (Å²) in [6, 6.07) is 7.04. The van der Waals surface area contributed by atoms with E-state index in [1.165, 1.54) is 28.9 Å². The minimum Gasteiger partial charge on any atom is -0.494 e. The summed E-state index contributed by atoms with van der Waals surface area (Å²) in [5, 5.41) is 8.49. The number of imidazole rings is 1. The lowest BCUT2D eigenvalue weighted by Gasteiger charge is -2.33.